The molecule has 13 nitrogen and oxygen atoms in total. The molecule has 2 aliphatic heterocycles. The maximum Gasteiger partial charge on any atom is 0.263 e. The fourth-order valence-corrected chi connectivity index (χ4v) is 9.13. The van der Waals surface area contributed by atoms with E-state index < -0.39 is 66.4 Å². The van der Waals surface area contributed by atoms with Crippen molar-refractivity contribution in [2.24, 2.45) is 18.4 Å². The predicted molar refractivity (Wildman–Crippen MR) is 235 cm³/mol. The molecule has 0 unspecified atom stereocenters. The normalized spacial score (nSPS) is 16.8. The number of hydrogen-bond donors (Lipinski definition) is 2. The molecule has 1 atom stereocenters. The number of piperazine rings is 1. The van der Waals surface area contributed by atoms with Gasteiger partial charge in [-0.2, -0.15) is 8.78 Å². The number of halogens is 4. The number of nitrogens with zero attached hydrogens (tertiary/aromatic N) is 6. The minimum absolute atomic E-state index is 0.00585. The number of benzene rings is 1. The van der Waals surface area contributed by atoms with Crippen LogP contribution in [0, 0.1) is 28.9 Å². The van der Waals surface area contributed by atoms with Crippen molar-refractivity contribution >= 4 is 54.0 Å². The molecule has 6 rings (SSSR count). The second kappa shape index (κ2) is 17.7. The van der Waals surface area contributed by atoms with Crippen LogP contribution in [0.2, 0.25) is 30.7 Å². The number of amides is 2. The first kappa shape index (κ1) is 46.1. The fourth-order valence-electron chi connectivity index (χ4n) is 8.27. The number of aryl methyl sites for hydroxylation is 1. The van der Waals surface area contributed by atoms with Crippen LogP contribution in [0.15, 0.2) is 29.5 Å². The molecule has 2 amide bonds. The zero-order valence-electron chi connectivity index (χ0n) is 36.8. The predicted octanol–water partition coefficient (Wildman–Crippen LogP) is 7.32. The lowest BCUT2D eigenvalue weighted by Gasteiger charge is -2.42. The van der Waals surface area contributed by atoms with Gasteiger partial charge < -0.3 is 34.1 Å². The number of aromatic nitrogens is 4. The molecule has 18 heteroatoms. The van der Waals surface area contributed by atoms with Gasteiger partial charge in [-0.3, -0.25) is 19.3 Å². The number of pyridine rings is 1. The molecule has 0 radical (unpaired) electrons. The van der Waals surface area contributed by atoms with Crippen molar-refractivity contribution < 1.29 is 32.2 Å². The molecular formula is C43H58ClF3N8O5Si. The topological polar surface area (TPSA) is 136 Å². The Bertz CT molecular complexity index is 2370. The van der Waals surface area contributed by atoms with E-state index in [-0.39, 0.29) is 50.9 Å². The minimum atomic E-state index is -1.68. The molecular weight excluding hydrogens is 829 g/mol. The van der Waals surface area contributed by atoms with E-state index in [1.807, 2.05) is 46.4 Å². The number of ether oxygens (including phenoxy) is 2. The number of carbonyl (C=O) groups excluding carboxylic acids is 2. The van der Waals surface area contributed by atoms with Crippen LogP contribution in [0.1, 0.15) is 58.3 Å². The van der Waals surface area contributed by atoms with Gasteiger partial charge >= 0.3 is 0 Å². The summed E-state index contributed by atoms with van der Waals surface area (Å²) in [5, 5.41) is 5.14. The Labute approximate surface area is 361 Å². The highest BCUT2D eigenvalue weighted by Crippen LogP contribution is 2.38. The van der Waals surface area contributed by atoms with Crippen LogP contribution in [0.3, 0.4) is 0 Å². The lowest BCUT2D eigenvalue weighted by molar-refractivity contribution is -0.116. The third-order valence-electron chi connectivity index (χ3n) is 10.9. The van der Waals surface area contributed by atoms with Gasteiger partial charge in [0.1, 0.15) is 23.0 Å². The van der Waals surface area contributed by atoms with Gasteiger partial charge in [-0.15, -0.1) is 0 Å². The van der Waals surface area contributed by atoms with E-state index in [1.54, 1.807) is 0 Å². The standard InChI is InChI=1S/C43H58ClF3N8O5Si/c1-25-17-53(18-26-21-59-22-26)11-12-55(25)31-16-30(34(44)38(47)50-31)49-32(56)20-54-19-29(33-39(54)48-24-52(7)41(33)58)27-15-28(40(57)51-43(5,6)23-42(2,3)4)37(36(46)35(27)45)60-13-14-61(8,9)10/h15-16,19,24-26H,11-14,17-18,20-23H2,1-10H3,(H,51,57)(H,49,50,56)/t25-/m0/s1. The summed E-state index contributed by atoms with van der Waals surface area (Å²) >= 11 is 6.35. The van der Waals surface area contributed by atoms with E-state index in [0.29, 0.717) is 30.7 Å². The quantitative estimate of drug-likeness (QED) is 0.0987. The molecule has 0 spiro atoms. The molecule has 332 valence electrons. The van der Waals surface area contributed by atoms with E-state index >= 15 is 13.2 Å². The highest BCUT2D eigenvalue weighted by atomic mass is 35.5. The van der Waals surface area contributed by atoms with Crippen molar-refractivity contribution in [3.05, 3.63) is 63.2 Å². The van der Waals surface area contributed by atoms with Crippen LogP contribution in [-0.2, 0) is 23.1 Å². The Morgan fingerprint density at radius 2 is 1.75 bits per heavy atom. The SMILES string of the molecule is C[C@H]1CN(CC2COC2)CCN1c1cc(NC(=O)Cn2cc(-c3cc(C(=O)NC(C)(C)CC(C)(C)C)c(OCC[Si](C)(C)C)c(F)c3F)c3c(=O)n(C)cnc32)c(Cl)c(F)n1. The van der Waals surface area contributed by atoms with Crippen LogP contribution >= 0.6 is 11.6 Å². The zero-order valence-corrected chi connectivity index (χ0v) is 38.5. The second-order valence-electron chi connectivity index (χ2n) is 19.6. The number of anilines is 2. The Kier molecular flexibility index (Phi) is 13.4. The molecule has 4 aromatic rings. The lowest BCUT2D eigenvalue weighted by atomic mass is 9.81. The Morgan fingerprint density at radius 1 is 1.05 bits per heavy atom. The average molecular weight is 888 g/mol. The Balaban J connectivity index is 1.34. The third-order valence-corrected chi connectivity index (χ3v) is 12.9. The van der Waals surface area contributed by atoms with E-state index in [9.17, 15) is 14.4 Å². The van der Waals surface area contributed by atoms with Crippen LogP contribution in [0.5, 0.6) is 5.75 Å². The summed E-state index contributed by atoms with van der Waals surface area (Å²) in [5.41, 5.74) is -2.30. The summed E-state index contributed by atoms with van der Waals surface area (Å²) in [6, 6.07) is 3.31. The molecule has 5 heterocycles. The van der Waals surface area contributed by atoms with Crippen LogP contribution in [-0.4, -0.2) is 101 Å². The van der Waals surface area contributed by atoms with Gasteiger partial charge in [0, 0.05) is 82.2 Å². The smallest absolute Gasteiger partial charge is 0.263 e. The summed E-state index contributed by atoms with van der Waals surface area (Å²) < 4.78 is 61.8. The summed E-state index contributed by atoms with van der Waals surface area (Å²) in [4.78, 5) is 54.4. The fraction of sp³-hybridized carbons (Fsp3) is 0.558. The van der Waals surface area contributed by atoms with E-state index in [0.717, 1.165) is 32.8 Å². The van der Waals surface area contributed by atoms with Crippen molar-refractivity contribution in [1.82, 2.24) is 29.3 Å². The molecule has 0 aliphatic carbocycles. The number of nitrogens with one attached hydrogen (secondary N) is 2. The van der Waals surface area contributed by atoms with Gasteiger partial charge in [0.2, 0.25) is 17.7 Å². The van der Waals surface area contributed by atoms with E-state index in [2.05, 4.69) is 45.1 Å². The average Bonchev–Trinajstić information content (AvgIpc) is 3.48. The first-order valence-corrected chi connectivity index (χ1v) is 24.7. The van der Waals surface area contributed by atoms with Crippen molar-refractivity contribution in [2.75, 3.05) is 56.2 Å². The number of carbonyl (C=O) groups is 2. The van der Waals surface area contributed by atoms with Gasteiger partial charge in [-0.1, -0.05) is 52.0 Å². The summed E-state index contributed by atoms with van der Waals surface area (Å²) in [6.45, 7) is 22.2. The highest BCUT2D eigenvalue weighted by Gasteiger charge is 2.33. The first-order chi connectivity index (χ1) is 28.4. The van der Waals surface area contributed by atoms with E-state index in [4.69, 9.17) is 21.1 Å². The number of fused-ring (bicyclic) bond motifs is 1. The summed E-state index contributed by atoms with van der Waals surface area (Å²) in [5.74, 6) is -4.77. The Hall–Kier alpha value is -4.45. The largest absolute Gasteiger partial charge is 0.490 e. The summed E-state index contributed by atoms with van der Waals surface area (Å²) in [6.07, 6.45) is 3.12. The van der Waals surface area contributed by atoms with Gasteiger partial charge in [0.05, 0.1) is 42.8 Å². The molecule has 61 heavy (non-hydrogen) atoms. The van der Waals surface area contributed by atoms with Crippen molar-refractivity contribution in [2.45, 2.75) is 91.8 Å². The highest BCUT2D eigenvalue weighted by molar-refractivity contribution is 6.76. The second-order valence-corrected chi connectivity index (χ2v) is 25.6. The van der Waals surface area contributed by atoms with Crippen LogP contribution < -0.4 is 25.8 Å². The molecule has 2 N–H and O–H groups in total. The van der Waals surface area contributed by atoms with Gasteiger partial charge in [0.15, 0.2) is 11.6 Å². The van der Waals surface area contributed by atoms with Crippen molar-refractivity contribution in [3.63, 3.8) is 0 Å². The Morgan fingerprint density at radius 3 is 2.38 bits per heavy atom. The molecule has 2 saturated heterocycles. The molecule has 0 bridgehead atoms. The van der Waals surface area contributed by atoms with Crippen LogP contribution in [0.4, 0.5) is 24.7 Å². The maximum absolute atomic E-state index is 16.5. The van der Waals surface area contributed by atoms with Gasteiger partial charge in [-0.25, -0.2) is 14.4 Å². The van der Waals surface area contributed by atoms with Gasteiger partial charge in [0.25, 0.3) is 11.5 Å². The molecule has 0 saturated carbocycles. The van der Waals surface area contributed by atoms with Crippen molar-refractivity contribution in [1.29, 1.82) is 0 Å². The molecule has 2 aliphatic rings. The van der Waals surface area contributed by atoms with Crippen LogP contribution in [0.25, 0.3) is 22.2 Å². The first-order valence-electron chi connectivity index (χ1n) is 20.7. The number of rotatable bonds is 14. The van der Waals surface area contributed by atoms with E-state index in [1.165, 1.54) is 40.8 Å². The maximum atomic E-state index is 16.5. The van der Waals surface area contributed by atoms with Gasteiger partial charge in [-0.05, 0) is 44.7 Å². The monoisotopic (exact) mass is 886 g/mol. The molecule has 2 fully saturated rings. The number of hydrogen-bond acceptors (Lipinski definition) is 9. The molecule has 1 aromatic carbocycles. The summed E-state index contributed by atoms with van der Waals surface area (Å²) in [7, 11) is -0.226. The lowest BCUT2D eigenvalue weighted by Crippen LogP contribution is -2.54. The zero-order chi connectivity index (χ0) is 44.8. The third kappa shape index (κ3) is 10.8. The molecule has 3 aromatic heterocycles. The van der Waals surface area contributed by atoms with Crippen molar-refractivity contribution in [3.8, 4) is 16.9 Å². The minimum Gasteiger partial charge on any atom is -0.490 e.